The Hall–Kier alpha value is -0.900. The largest absolute Gasteiger partial charge is 0.310 e. The van der Waals surface area contributed by atoms with Crippen molar-refractivity contribution in [2.24, 2.45) is 0 Å². The molecule has 4 heteroatoms. The molecule has 1 N–H and O–H groups in total. The van der Waals surface area contributed by atoms with Crippen molar-refractivity contribution in [2.45, 2.75) is 39.8 Å². The van der Waals surface area contributed by atoms with Crippen molar-refractivity contribution in [1.82, 2.24) is 20.1 Å². The fourth-order valence-electron chi connectivity index (χ4n) is 1.08. The Morgan fingerprint density at radius 3 is 3.00 bits per heavy atom. The second-order valence-electron chi connectivity index (χ2n) is 3.06. The van der Waals surface area contributed by atoms with Crippen molar-refractivity contribution >= 4 is 0 Å². The van der Waals surface area contributed by atoms with Crippen LogP contribution in [0.4, 0.5) is 0 Å². The zero-order valence-electron chi connectivity index (χ0n) is 8.45. The van der Waals surface area contributed by atoms with Crippen molar-refractivity contribution in [2.75, 3.05) is 6.54 Å². The molecule has 0 amide bonds. The van der Waals surface area contributed by atoms with Crippen LogP contribution in [0, 0.1) is 0 Å². The third-order valence-corrected chi connectivity index (χ3v) is 1.86. The minimum absolute atomic E-state index is 0.773. The van der Waals surface area contributed by atoms with Gasteiger partial charge in [0.05, 0.1) is 6.54 Å². The number of nitrogens with zero attached hydrogens (tertiary/aromatic N) is 3. The molecule has 0 unspecified atom stereocenters. The van der Waals surface area contributed by atoms with E-state index in [2.05, 4.69) is 29.2 Å². The zero-order valence-corrected chi connectivity index (χ0v) is 8.45. The van der Waals surface area contributed by atoms with Crippen molar-refractivity contribution in [3.8, 4) is 0 Å². The van der Waals surface area contributed by atoms with E-state index >= 15 is 0 Å². The Bertz CT molecular complexity index is 209. The summed E-state index contributed by atoms with van der Waals surface area (Å²) in [6, 6.07) is 0. The fourth-order valence-corrected chi connectivity index (χ4v) is 1.08. The Morgan fingerprint density at radius 2 is 2.31 bits per heavy atom. The molecular formula is C9H18N4. The standard InChI is InChI=1S/C9H18N4/c1-3-5-6-13-8-11-9(12-13)7-10-4-2/h8,10H,3-7H2,1-2H3. The molecule has 0 aliphatic heterocycles. The molecule has 0 aliphatic carbocycles. The Morgan fingerprint density at radius 1 is 1.46 bits per heavy atom. The van der Waals surface area contributed by atoms with Crippen LogP contribution in [0.3, 0.4) is 0 Å². The molecule has 74 valence electrons. The summed E-state index contributed by atoms with van der Waals surface area (Å²) < 4.78 is 1.91. The molecule has 13 heavy (non-hydrogen) atoms. The van der Waals surface area contributed by atoms with E-state index in [-0.39, 0.29) is 0 Å². The molecule has 0 atom stereocenters. The SMILES string of the molecule is CCCCn1cnc(CNCC)n1. The first-order valence-electron chi connectivity index (χ1n) is 4.95. The second-order valence-corrected chi connectivity index (χ2v) is 3.06. The van der Waals surface area contributed by atoms with Crippen LogP contribution in [-0.4, -0.2) is 21.3 Å². The molecule has 1 aromatic rings. The number of rotatable bonds is 6. The zero-order chi connectivity index (χ0) is 9.52. The average molecular weight is 182 g/mol. The maximum Gasteiger partial charge on any atom is 0.164 e. The lowest BCUT2D eigenvalue weighted by atomic mass is 10.3. The number of aromatic nitrogens is 3. The van der Waals surface area contributed by atoms with Crippen LogP contribution in [0.15, 0.2) is 6.33 Å². The highest BCUT2D eigenvalue weighted by atomic mass is 15.3. The molecule has 0 saturated carbocycles. The van der Waals surface area contributed by atoms with Gasteiger partial charge in [0.15, 0.2) is 5.82 Å². The number of nitrogens with one attached hydrogen (secondary N) is 1. The van der Waals surface area contributed by atoms with Gasteiger partial charge in [-0.3, -0.25) is 4.68 Å². The van der Waals surface area contributed by atoms with E-state index in [1.54, 1.807) is 0 Å². The van der Waals surface area contributed by atoms with Gasteiger partial charge in [-0.15, -0.1) is 0 Å². The summed E-state index contributed by atoms with van der Waals surface area (Å²) in [5.74, 6) is 0.887. The highest BCUT2D eigenvalue weighted by Crippen LogP contribution is 1.94. The summed E-state index contributed by atoms with van der Waals surface area (Å²) >= 11 is 0. The van der Waals surface area contributed by atoms with Crippen LogP contribution in [0.5, 0.6) is 0 Å². The molecule has 0 aliphatic rings. The highest BCUT2D eigenvalue weighted by molar-refractivity contribution is 4.80. The van der Waals surface area contributed by atoms with Crippen molar-refractivity contribution in [3.63, 3.8) is 0 Å². The van der Waals surface area contributed by atoms with Crippen LogP contribution in [0.2, 0.25) is 0 Å². The molecule has 0 fully saturated rings. The van der Waals surface area contributed by atoms with Crippen LogP contribution in [0.25, 0.3) is 0 Å². The predicted molar refractivity (Wildman–Crippen MR) is 52.3 cm³/mol. The topological polar surface area (TPSA) is 42.7 Å². The van der Waals surface area contributed by atoms with E-state index in [4.69, 9.17) is 0 Å². The number of hydrogen-bond acceptors (Lipinski definition) is 3. The van der Waals surface area contributed by atoms with Gasteiger partial charge in [-0.25, -0.2) is 4.98 Å². The van der Waals surface area contributed by atoms with Crippen molar-refractivity contribution in [3.05, 3.63) is 12.2 Å². The molecule has 0 bridgehead atoms. The van der Waals surface area contributed by atoms with Gasteiger partial charge < -0.3 is 5.32 Å². The molecule has 0 aromatic carbocycles. The van der Waals surface area contributed by atoms with Crippen LogP contribution >= 0.6 is 0 Å². The van der Waals surface area contributed by atoms with Gasteiger partial charge in [0.2, 0.25) is 0 Å². The second kappa shape index (κ2) is 5.70. The van der Waals surface area contributed by atoms with E-state index in [1.807, 2.05) is 11.0 Å². The van der Waals surface area contributed by atoms with Gasteiger partial charge in [-0.1, -0.05) is 20.3 Å². The van der Waals surface area contributed by atoms with Gasteiger partial charge in [0.25, 0.3) is 0 Å². The van der Waals surface area contributed by atoms with Gasteiger partial charge in [-0.05, 0) is 13.0 Å². The van der Waals surface area contributed by atoms with Gasteiger partial charge in [-0.2, -0.15) is 5.10 Å². The average Bonchev–Trinajstić information content (AvgIpc) is 2.59. The summed E-state index contributed by atoms with van der Waals surface area (Å²) in [5.41, 5.74) is 0. The molecule has 1 rings (SSSR count). The van der Waals surface area contributed by atoms with E-state index in [1.165, 1.54) is 12.8 Å². The minimum atomic E-state index is 0.773. The maximum absolute atomic E-state index is 4.33. The third-order valence-electron chi connectivity index (χ3n) is 1.86. The van der Waals surface area contributed by atoms with Gasteiger partial charge in [0.1, 0.15) is 6.33 Å². The van der Waals surface area contributed by atoms with Crippen molar-refractivity contribution in [1.29, 1.82) is 0 Å². The van der Waals surface area contributed by atoms with E-state index in [0.717, 1.165) is 25.5 Å². The highest BCUT2D eigenvalue weighted by Gasteiger charge is 1.98. The van der Waals surface area contributed by atoms with Crippen LogP contribution in [-0.2, 0) is 13.1 Å². The van der Waals surface area contributed by atoms with Gasteiger partial charge in [0, 0.05) is 6.54 Å². The summed E-state index contributed by atoms with van der Waals surface area (Å²) in [6.07, 6.45) is 4.18. The number of hydrogen-bond donors (Lipinski definition) is 1. The first-order valence-corrected chi connectivity index (χ1v) is 4.95. The summed E-state index contributed by atoms with van der Waals surface area (Å²) in [5, 5.41) is 7.52. The summed E-state index contributed by atoms with van der Waals surface area (Å²) in [6.45, 7) is 6.97. The quantitative estimate of drug-likeness (QED) is 0.718. The van der Waals surface area contributed by atoms with E-state index < -0.39 is 0 Å². The number of aryl methyl sites for hydroxylation is 1. The normalized spacial score (nSPS) is 10.6. The van der Waals surface area contributed by atoms with Crippen LogP contribution in [0.1, 0.15) is 32.5 Å². The molecule has 0 saturated heterocycles. The first-order chi connectivity index (χ1) is 6.36. The summed E-state index contributed by atoms with van der Waals surface area (Å²) in [4.78, 5) is 4.20. The minimum Gasteiger partial charge on any atom is -0.310 e. The lowest BCUT2D eigenvalue weighted by Gasteiger charge is -1.97. The Labute approximate surface area is 79.4 Å². The van der Waals surface area contributed by atoms with Gasteiger partial charge >= 0.3 is 0 Å². The number of unbranched alkanes of at least 4 members (excludes halogenated alkanes) is 1. The summed E-state index contributed by atoms with van der Waals surface area (Å²) in [7, 11) is 0. The lowest BCUT2D eigenvalue weighted by molar-refractivity contribution is 0.560. The van der Waals surface area contributed by atoms with Crippen LogP contribution < -0.4 is 5.32 Å². The Balaban J connectivity index is 2.34. The third kappa shape index (κ3) is 3.55. The molecule has 0 spiro atoms. The molecule has 4 nitrogen and oxygen atoms in total. The van der Waals surface area contributed by atoms with Crippen molar-refractivity contribution < 1.29 is 0 Å². The molecule has 0 radical (unpaired) electrons. The predicted octanol–water partition coefficient (Wildman–Crippen LogP) is 1.19. The molecule has 1 heterocycles. The molecular weight excluding hydrogens is 164 g/mol. The van der Waals surface area contributed by atoms with E-state index in [0.29, 0.717) is 0 Å². The lowest BCUT2D eigenvalue weighted by Crippen LogP contribution is -2.13. The smallest absolute Gasteiger partial charge is 0.164 e. The molecule has 1 aromatic heterocycles. The fraction of sp³-hybridized carbons (Fsp3) is 0.778. The monoisotopic (exact) mass is 182 g/mol. The Kier molecular flexibility index (Phi) is 4.46. The maximum atomic E-state index is 4.33. The van der Waals surface area contributed by atoms with E-state index in [9.17, 15) is 0 Å². The first kappa shape index (κ1) is 10.2.